The minimum absolute atomic E-state index is 0.0225. The molecule has 95 heavy (non-hydrogen) atoms. The van der Waals surface area contributed by atoms with E-state index in [1.54, 1.807) is 48.6 Å². The summed E-state index contributed by atoms with van der Waals surface area (Å²) in [5, 5.41) is 4.11. The van der Waals surface area contributed by atoms with Crippen molar-refractivity contribution in [1.82, 2.24) is 0 Å². The summed E-state index contributed by atoms with van der Waals surface area (Å²) < 4.78 is 66.5. The molecule has 12 aromatic rings. The van der Waals surface area contributed by atoms with Crippen LogP contribution in [0.3, 0.4) is 0 Å². The molecule has 462 valence electrons. The highest BCUT2D eigenvalue weighted by molar-refractivity contribution is 6.42. The molecule has 0 spiro atoms. The Balaban J connectivity index is 0.000000159. The van der Waals surface area contributed by atoms with Crippen molar-refractivity contribution in [3.8, 4) is 22.3 Å². The lowest BCUT2D eigenvalue weighted by Gasteiger charge is -2.42. The average molecular weight is 1250 g/mol. The molecule has 6 nitrogen and oxygen atoms in total. The molecule has 0 atom stereocenters. The van der Waals surface area contributed by atoms with E-state index >= 15 is 0 Å². The van der Waals surface area contributed by atoms with E-state index in [0.717, 1.165) is 61.2 Å². The number of hydrogen-bond acceptors (Lipinski definition) is 6. The largest absolute Gasteiger partial charge is 0.393 e. The Morgan fingerprint density at radius 2 is 0.758 bits per heavy atom. The molecule has 12 aromatic carbocycles. The minimum atomic E-state index is -4.41. The number of rotatable bonds is 7. The molecule has 11 heteroatoms. The van der Waals surface area contributed by atoms with Crippen molar-refractivity contribution in [1.29, 1.82) is 0 Å². The molecule has 0 bridgehead atoms. The molecule has 0 fully saturated rings. The summed E-state index contributed by atoms with van der Waals surface area (Å²) in [6.07, 6.45) is -2.34. The zero-order valence-corrected chi connectivity index (χ0v) is 52.0. The maximum atomic E-state index is 14.0. The number of carbonyl (C=O) groups excluding carboxylic acids is 4. The van der Waals surface area contributed by atoms with E-state index in [0.29, 0.717) is 27.8 Å². The van der Waals surface area contributed by atoms with Crippen molar-refractivity contribution < 1.29 is 41.1 Å². The zero-order chi connectivity index (χ0) is 65.8. The zero-order valence-electron chi connectivity index (χ0n) is 52.0. The van der Waals surface area contributed by atoms with Crippen molar-refractivity contribution in [2.24, 2.45) is 0 Å². The summed E-state index contributed by atoms with van der Waals surface area (Å²) in [6.45, 7) is 8.97. The Kier molecular flexibility index (Phi) is 14.3. The molecular weight excluding hydrogens is 1200 g/mol. The normalized spacial score (nSPS) is 15.3. The Morgan fingerprint density at radius 1 is 0.368 bits per heavy atom. The summed E-state index contributed by atoms with van der Waals surface area (Å²) in [4.78, 5) is 58.8. The van der Waals surface area contributed by atoms with Gasteiger partial charge in [0.15, 0.2) is 23.1 Å². The van der Waals surface area contributed by atoms with Crippen molar-refractivity contribution in [3.05, 3.63) is 333 Å². The summed E-state index contributed by atoms with van der Waals surface area (Å²) in [5.74, 6) is -2.53. The fourth-order valence-electron chi connectivity index (χ4n) is 14.6. The molecule has 0 radical (unpaired) electrons. The van der Waals surface area contributed by atoms with E-state index in [2.05, 4.69) is 147 Å². The lowest BCUT2D eigenvalue weighted by atomic mass is 9.71. The predicted molar refractivity (Wildman–Crippen MR) is 368 cm³/mol. The van der Waals surface area contributed by atoms with Gasteiger partial charge in [-0.1, -0.05) is 173 Å². The second kappa shape index (κ2) is 22.7. The van der Waals surface area contributed by atoms with E-state index in [4.69, 9.17) is 0 Å². The first-order chi connectivity index (χ1) is 45.7. The standard InChI is InChI=1S/C47H31F2NO2.C37H26F3NO2/c1-47(2)41-10-6-7-11-42(41)50(34-8-4-3-5-9-34)43-23-17-31-24-28(12-22-35(31)44(43)47)25-40-45(51)38-26-36(29-13-18-32(48)19-14-29)37(27-39(38)46(40)52)30-15-20-33(49)21-16-30;1-36(2)30-10-6-7-11-31(30)41(25-8-4-3-5-9-25)32-17-14-24-18-22(12-15-26(24)33(32)36)19-29-34(42)27-16-13-23(21-37(38,39)40)20-28(27)35(29)43/h3-27H,1-2H3;3-20H,21H2,1-2H3/b;29-19-. The number of carbonyl (C=O) groups is 4. The number of para-hydroxylation sites is 4. The van der Waals surface area contributed by atoms with Gasteiger partial charge < -0.3 is 9.80 Å². The summed E-state index contributed by atoms with van der Waals surface area (Å²) in [6, 6.07) is 77.1. The minimum Gasteiger partial charge on any atom is -0.310 e. The number of benzene rings is 12. The third-order valence-electron chi connectivity index (χ3n) is 19.0. The fourth-order valence-corrected chi connectivity index (χ4v) is 14.6. The Hall–Kier alpha value is -11.4. The van der Waals surface area contributed by atoms with Crippen molar-refractivity contribution >= 4 is 91.0 Å². The van der Waals surface area contributed by atoms with Crippen molar-refractivity contribution in [2.75, 3.05) is 9.80 Å². The van der Waals surface area contributed by atoms with Gasteiger partial charge in [-0.15, -0.1) is 0 Å². The van der Waals surface area contributed by atoms with Crippen LogP contribution in [-0.4, -0.2) is 29.3 Å². The summed E-state index contributed by atoms with van der Waals surface area (Å²) in [7, 11) is 0. The first-order valence-electron chi connectivity index (χ1n) is 31.3. The monoisotopic (exact) mass is 1250 g/mol. The quantitative estimate of drug-likeness (QED) is 0.0899. The van der Waals surface area contributed by atoms with Crippen LogP contribution in [0.4, 0.5) is 56.1 Å². The van der Waals surface area contributed by atoms with Gasteiger partial charge >= 0.3 is 6.18 Å². The molecule has 0 saturated carbocycles. The van der Waals surface area contributed by atoms with Crippen LogP contribution in [0.25, 0.3) is 56.0 Å². The Morgan fingerprint density at radius 3 is 1.18 bits per heavy atom. The molecule has 0 aromatic heterocycles. The van der Waals surface area contributed by atoms with Crippen LogP contribution in [0, 0.1) is 11.6 Å². The summed E-state index contributed by atoms with van der Waals surface area (Å²) in [5.41, 5.74) is 15.6. The number of hydrogen-bond donors (Lipinski definition) is 0. The van der Waals surface area contributed by atoms with Crippen LogP contribution in [0.5, 0.6) is 0 Å². The van der Waals surface area contributed by atoms with Gasteiger partial charge in [0.2, 0.25) is 0 Å². The summed E-state index contributed by atoms with van der Waals surface area (Å²) >= 11 is 0. The predicted octanol–water partition coefficient (Wildman–Crippen LogP) is 21.5. The highest BCUT2D eigenvalue weighted by Gasteiger charge is 2.41. The second-order valence-electron chi connectivity index (χ2n) is 25.6. The number of nitrogens with zero attached hydrogens (tertiary/aromatic N) is 2. The number of fused-ring (bicyclic) bond motifs is 10. The Bertz CT molecular complexity index is 5210. The van der Waals surface area contributed by atoms with Gasteiger partial charge in [0.25, 0.3) is 0 Å². The SMILES string of the molecule is CC1(C)c2ccccc2N(c2ccccc2)c2ccc3cc(/C=C4/C(=O)c5ccc(CC(F)(F)F)cc5C4=O)ccc3c21.CC1(C)c2ccccc2N(c2ccccc2)c2ccc3cc(C=C4C(=O)c5cc(-c6ccc(F)cc6)c(-c6ccc(F)cc6)cc5C4=O)ccc3c21. The number of alkyl halides is 3. The molecule has 2 aliphatic heterocycles. The van der Waals surface area contributed by atoms with E-state index in [1.807, 2.05) is 60.7 Å². The molecule has 2 heterocycles. The van der Waals surface area contributed by atoms with Crippen LogP contribution < -0.4 is 9.80 Å². The Labute approximate surface area is 545 Å². The molecule has 0 saturated heterocycles. The van der Waals surface area contributed by atoms with Gasteiger partial charge in [-0.2, -0.15) is 13.2 Å². The van der Waals surface area contributed by atoms with Gasteiger partial charge in [-0.3, -0.25) is 19.2 Å². The van der Waals surface area contributed by atoms with E-state index in [-0.39, 0.29) is 73.0 Å². The topological polar surface area (TPSA) is 74.8 Å². The third-order valence-corrected chi connectivity index (χ3v) is 19.0. The van der Waals surface area contributed by atoms with E-state index in [1.165, 1.54) is 64.7 Å². The molecular formula is C84H57F5N2O4. The highest BCUT2D eigenvalue weighted by atomic mass is 19.4. The molecule has 16 rings (SSSR count). The van der Waals surface area contributed by atoms with Gasteiger partial charge in [-0.05, 0) is 198 Å². The molecule has 0 unspecified atom stereocenters. The third kappa shape index (κ3) is 10.3. The van der Waals surface area contributed by atoms with Crippen LogP contribution in [-0.2, 0) is 17.3 Å². The number of halogens is 5. The second-order valence-corrected chi connectivity index (χ2v) is 25.6. The number of ketones is 4. The average Bonchev–Trinajstić information content (AvgIpc) is 1.24. The smallest absolute Gasteiger partial charge is 0.310 e. The fraction of sp³-hybridized carbons (Fsp3) is 0.0952. The van der Waals surface area contributed by atoms with Crippen molar-refractivity contribution in [3.63, 3.8) is 0 Å². The number of Topliss-reactive ketones (excluding diaryl/α,β-unsaturated/α-hetero) is 4. The van der Waals surface area contributed by atoms with Crippen LogP contribution in [0.1, 0.15) is 108 Å². The lowest BCUT2D eigenvalue weighted by Crippen LogP contribution is -2.30. The van der Waals surface area contributed by atoms with Crippen LogP contribution in [0.2, 0.25) is 0 Å². The highest BCUT2D eigenvalue weighted by Crippen LogP contribution is 2.56. The number of allylic oxidation sites excluding steroid dienone is 2. The maximum absolute atomic E-state index is 14.0. The molecule has 2 aliphatic carbocycles. The molecule has 0 N–H and O–H groups in total. The number of anilines is 6. The first kappa shape index (κ1) is 59.8. The van der Waals surface area contributed by atoms with Crippen molar-refractivity contribution in [2.45, 2.75) is 51.1 Å². The van der Waals surface area contributed by atoms with Gasteiger partial charge in [0, 0.05) is 44.5 Å². The van der Waals surface area contributed by atoms with Crippen LogP contribution >= 0.6 is 0 Å². The molecule has 4 aliphatic rings. The lowest BCUT2D eigenvalue weighted by molar-refractivity contribution is -0.127. The molecule has 0 amide bonds. The van der Waals surface area contributed by atoms with Gasteiger partial charge in [0.05, 0.1) is 40.3 Å². The van der Waals surface area contributed by atoms with Crippen LogP contribution in [0.15, 0.2) is 260 Å². The van der Waals surface area contributed by atoms with E-state index < -0.39 is 24.2 Å². The maximum Gasteiger partial charge on any atom is 0.393 e. The van der Waals surface area contributed by atoms with E-state index in [9.17, 15) is 41.1 Å². The first-order valence-corrected chi connectivity index (χ1v) is 31.3. The van der Waals surface area contributed by atoms with Gasteiger partial charge in [-0.25, -0.2) is 8.78 Å². The van der Waals surface area contributed by atoms with Gasteiger partial charge in [0.1, 0.15) is 11.6 Å².